The minimum Gasteiger partial charge on any atom is -0.369 e. The summed E-state index contributed by atoms with van der Waals surface area (Å²) in [4.78, 5) is 11.7. The number of rotatable bonds is 4. The van der Waals surface area contributed by atoms with Crippen molar-refractivity contribution >= 4 is 11.4 Å². The molecular formula is C13H17F2N3O2. The third-order valence-electron chi connectivity index (χ3n) is 3.53. The Morgan fingerprint density at radius 2 is 2.25 bits per heavy atom. The highest BCUT2D eigenvalue weighted by Gasteiger charge is 2.26. The highest BCUT2D eigenvalue weighted by Crippen LogP contribution is 2.32. The zero-order valence-electron chi connectivity index (χ0n) is 11.2. The molecule has 1 N–H and O–H groups in total. The summed E-state index contributed by atoms with van der Waals surface area (Å²) in [6, 6.07) is 1.55. The second kappa shape index (κ2) is 6.13. The van der Waals surface area contributed by atoms with E-state index < -0.39 is 22.2 Å². The van der Waals surface area contributed by atoms with Crippen molar-refractivity contribution in [1.29, 1.82) is 0 Å². The van der Waals surface area contributed by atoms with E-state index in [-0.39, 0.29) is 5.69 Å². The second-order valence-electron chi connectivity index (χ2n) is 5.11. The van der Waals surface area contributed by atoms with E-state index in [4.69, 9.17) is 0 Å². The van der Waals surface area contributed by atoms with Gasteiger partial charge in [-0.05, 0) is 31.8 Å². The predicted molar refractivity (Wildman–Crippen MR) is 71.9 cm³/mol. The monoisotopic (exact) mass is 285 g/mol. The molecule has 1 aliphatic rings. The second-order valence-corrected chi connectivity index (χ2v) is 5.11. The first-order valence-corrected chi connectivity index (χ1v) is 6.54. The number of nitrogens with one attached hydrogen (secondary N) is 1. The molecule has 0 bridgehead atoms. The fourth-order valence-electron chi connectivity index (χ4n) is 2.59. The zero-order valence-corrected chi connectivity index (χ0v) is 11.2. The highest BCUT2D eigenvalue weighted by atomic mass is 19.1. The van der Waals surface area contributed by atoms with Crippen LogP contribution in [0.3, 0.4) is 0 Å². The molecule has 7 heteroatoms. The van der Waals surface area contributed by atoms with Gasteiger partial charge in [-0.1, -0.05) is 0 Å². The van der Waals surface area contributed by atoms with Crippen LogP contribution in [0.25, 0.3) is 0 Å². The van der Waals surface area contributed by atoms with Crippen LogP contribution in [-0.2, 0) is 0 Å². The zero-order chi connectivity index (χ0) is 14.7. The van der Waals surface area contributed by atoms with E-state index in [0.717, 1.165) is 32.0 Å². The lowest BCUT2D eigenvalue weighted by Gasteiger charge is -2.28. The Balaban J connectivity index is 2.23. The molecule has 0 radical (unpaired) electrons. The number of nitro groups is 1. The summed E-state index contributed by atoms with van der Waals surface area (Å²) in [5.41, 5.74) is -0.684. The molecule has 1 aromatic rings. The minimum absolute atomic E-state index is 0.0157. The molecule has 0 aliphatic carbocycles. The molecule has 1 fully saturated rings. The van der Waals surface area contributed by atoms with Gasteiger partial charge in [0.2, 0.25) is 5.82 Å². The van der Waals surface area contributed by atoms with Crippen LogP contribution in [0, 0.1) is 27.7 Å². The van der Waals surface area contributed by atoms with E-state index in [0.29, 0.717) is 18.5 Å². The van der Waals surface area contributed by atoms with Gasteiger partial charge in [0.25, 0.3) is 0 Å². The average Bonchev–Trinajstić information content (AvgIpc) is 2.38. The number of hydrogen-bond donors (Lipinski definition) is 1. The van der Waals surface area contributed by atoms with Crippen molar-refractivity contribution in [1.82, 2.24) is 5.32 Å². The van der Waals surface area contributed by atoms with Gasteiger partial charge in [0.15, 0.2) is 0 Å². The first kappa shape index (κ1) is 14.6. The third kappa shape index (κ3) is 3.22. The number of piperidine rings is 1. The summed E-state index contributed by atoms with van der Waals surface area (Å²) < 4.78 is 26.9. The highest BCUT2D eigenvalue weighted by molar-refractivity contribution is 5.63. The molecule has 1 saturated heterocycles. The van der Waals surface area contributed by atoms with E-state index >= 15 is 0 Å². The Bertz CT molecular complexity index is 505. The first-order chi connectivity index (χ1) is 9.49. The van der Waals surface area contributed by atoms with E-state index in [9.17, 15) is 18.9 Å². The summed E-state index contributed by atoms with van der Waals surface area (Å²) in [5.74, 6) is -1.63. The summed E-state index contributed by atoms with van der Waals surface area (Å²) in [6.07, 6.45) is 2.04. The normalized spacial score (nSPS) is 18.9. The average molecular weight is 285 g/mol. The number of anilines is 1. The molecule has 110 valence electrons. The summed E-state index contributed by atoms with van der Waals surface area (Å²) in [7, 11) is 1.62. The molecule has 1 atom stereocenters. The molecule has 20 heavy (non-hydrogen) atoms. The fourth-order valence-corrected chi connectivity index (χ4v) is 2.59. The molecule has 1 aromatic carbocycles. The summed E-state index contributed by atoms with van der Waals surface area (Å²) in [6.45, 7) is 2.31. The Kier molecular flexibility index (Phi) is 4.49. The van der Waals surface area contributed by atoms with Crippen LogP contribution in [0.2, 0.25) is 0 Å². The topological polar surface area (TPSA) is 58.4 Å². The van der Waals surface area contributed by atoms with Gasteiger partial charge in [-0.15, -0.1) is 0 Å². The summed E-state index contributed by atoms with van der Waals surface area (Å²) in [5, 5.41) is 14.2. The molecule has 5 nitrogen and oxygen atoms in total. The molecule has 0 spiro atoms. The lowest BCUT2D eigenvalue weighted by Crippen LogP contribution is -2.37. The molecule has 1 unspecified atom stereocenters. The standard InChI is InChI=1S/C13H17F2N3O2/c1-17(8-9-3-2-4-16-7-9)12-6-10(14)5-11(15)13(12)18(19)20/h5-6,9,16H,2-4,7-8H2,1H3. The van der Waals surface area contributed by atoms with E-state index in [1.165, 1.54) is 0 Å². The molecule has 1 heterocycles. The predicted octanol–water partition coefficient (Wildman–Crippen LogP) is 2.31. The number of halogens is 2. The van der Waals surface area contributed by atoms with Crippen LogP contribution in [0.4, 0.5) is 20.2 Å². The Hall–Kier alpha value is -1.76. The number of benzene rings is 1. The van der Waals surface area contributed by atoms with Crippen LogP contribution in [0.15, 0.2) is 12.1 Å². The van der Waals surface area contributed by atoms with Crippen LogP contribution in [0.1, 0.15) is 12.8 Å². The number of hydrogen-bond acceptors (Lipinski definition) is 4. The Morgan fingerprint density at radius 1 is 1.50 bits per heavy atom. The van der Waals surface area contributed by atoms with Crippen LogP contribution in [-0.4, -0.2) is 31.6 Å². The van der Waals surface area contributed by atoms with Gasteiger partial charge in [0.05, 0.1) is 4.92 Å². The number of nitrogens with zero attached hydrogens (tertiary/aromatic N) is 2. The van der Waals surface area contributed by atoms with Crippen LogP contribution in [0.5, 0.6) is 0 Å². The van der Waals surface area contributed by atoms with E-state index in [1.54, 1.807) is 11.9 Å². The molecule has 0 aromatic heterocycles. The SMILES string of the molecule is CN(CC1CCCNC1)c1cc(F)cc(F)c1[N+](=O)[O-]. The molecule has 0 amide bonds. The van der Waals surface area contributed by atoms with Gasteiger partial charge in [-0.25, -0.2) is 4.39 Å². The van der Waals surface area contributed by atoms with Crippen molar-refractivity contribution in [2.75, 3.05) is 31.6 Å². The summed E-state index contributed by atoms with van der Waals surface area (Å²) >= 11 is 0. The first-order valence-electron chi connectivity index (χ1n) is 6.54. The van der Waals surface area contributed by atoms with E-state index in [2.05, 4.69) is 5.32 Å². The van der Waals surface area contributed by atoms with Crippen molar-refractivity contribution in [3.05, 3.63) is 33.9 Å². The smallest absolute Gasteiger partial charge is 0.328 e. The van der Waals surface area contributed by atoms with Crippen molar-refractivity contribution in [2.45, 2.75) is 12.8 Å². The van der Waals surface area contributed by atoms with Crippen molar-refractivity contribution in [3.63, 3.8) is 0 Å². The van der Waals surface area contributed by atoms with Gasteiger partial charge in [0, 0.05) is 25.7 Å². The molecule has 0 saturated carbocycles. The fraction of sp³-hybridized carbons (Fsp3) is 0.538. The van der Waals surface area contributed by atoms with Crippen molar-refractivity contribution in [3.8, 4) is 0 Å². The van der Waals surface area contributed by atoms with Crippen LogP contribution >= 0.6 is 0 Å². The maximum atomic E-state index is 13.6. The third-order valence-corrected chi connectivity index (χ3v) is 3.53. The maximum Gasteiger partial charge on any atom is 0.328 e. The largest absolute Gasteiger partial charge is 0.369 e. The van der Waals surface area contributed by atoms with Gasteiger partial charge in [0.1, 0.15) is 11.5 Å². The van der Waals surface area contributed by atoms with E-state index in [1.807, 2.05) is 0 Å². The lowest BCUT2D eigenvalue weighted by atomic mass is 9.99. The van der Waals surface area contributed by atoms with Gasteiger partial charge >= 0.3 is 5.69 Å². The quantitative estimate of drug-likeness (QED) is 0.681. The lowest BCUT2D eigenvalue weighted by molar-refractivity contribution is -0.386. The molecular weight excluding hydrogens is 268 g/mol. The van der Waals surface area contributed by atoms with Gasteiger partial charge in [-0.3, -0.25) is 10.1 Å². The molecule has 1 aliphatic heterocycles. The maximum absolute atomic E-state index is 13.6. The number of nitro benzene ring substituents is 1. The van der Waals surface area contributed by atoms with Crippen LogP contribution < -0.4 is 10.2 Å². The minimum atomic E-state index is -1.14. The van der Waals surface area contributed by atoms with Gasteiger partial charge in [-0.2, -0.15) is 4.39 Å². The van der Waals surface area contributed by atoms with Crippen molar-refractivity contribution in [2.24, 2.45) is 5.92 Å². The van der Waals surface area contributed by atoms with Crippen molar-refractivity contribution < 1.29 is 13.7 Å². The molecule has 2 rings (SSSR count). The van der Waals surface area contributed by atoms with Gasteiger partial charge < -0.3 is 10.2 Å². The Labute approximate surface area is 115 Å². The Morgan fingerprint density at radius 3 is 2.85 bits per heavy atom.